The fourth-order valence-electron chi connectivity index (χ4n) is 3.18. The van der Waals surface area contributed by atoms with Crippen LogP contribution in [0.1, 0.15) is 28.4 Å². The van der Waals surface area contributed by atoms with Crippen LogP contribution in [0.2, 0.25) is 0 Å². The molecule has 2 heterocycles. The molecule has 6 nitrogen and oxygen atoms in total. The van der Waals surface area contributed by atoms with E-state index in [0.717, 1.165) is 12.1 Å². The molecule has 1 aromatic heterocycles. The van der Waals surface area contributed by atoms with Crippen LogP contribution in [0.3, 0.4) is 0 Å². The summed E-state index contributed by atoms with van der Waals surface area (Å²) in [5, 5.41) is 14.2. The maximum absolute atomic E-state index is 12.8. The van der Waals surface area contributed by atoms with Crippen LogP contribution in [-0.4, -0.2) is 57.6 Å². The van der Waals surface area contributed by atoms with Crippen LogP contribution in [0.4, 0.5) is 0 Å². The Kier molecular flexibility index (Phi) is 5.20. The number of aromatic nitrogens is 2. The quantitative estimate of drug-likeness (QED) is 0.896. The first kappa shape index (κ1) is 17.6. The van der Waals surface area contributed by atoms with Crippen LogP contribution >= 0.6 is 0 Å². The zero-order chi connectivity index (χ0) is 17.9. The minimum absolute atomic E-state index is 0.0651. The second-order valence-corrected chi connectivity index (χ2v) is 6.66. The Morgan fingerprint density at radius 3 is 2.76 bits per heavy atom. The van der Waals surface area contributed by atoms with Crippen molar-refractivity contribution in [2.75, 3.05) is 26.3 Å². The molecule has 1 saturated heterocycles. The van der Waals surface area contributed by atoms with Gasteiger partial charge >= 0.3 is 0 Å². The van der Waals surface area contributed by atoms with E-state index in [1.807, 2.05) is 38.1 Å². The lowest BCUT2D eigenvalue weighted by atomic mass is 9.92. The van der Waals surface area contributed by atoms with Gasteiger partial charge in [-0.05, 0) is 19.4 Å². The summed E-state index contributed by atoms with van der Waals surface area (Å²) in [7, 11) is 0. The molecular formula is C19H25N3O3. The summed E-state index contributed by atoms with van der Waals surface area (Å²) < 4.78 is 7.66. The van der Waals surface area contributed by atoms with E-state index in [-0.39, 0.29) is 12.5 Å². The molecule has 0 spiro atoms. The molecule has 1 aliphatic rings. The average Bonchev–Trinajstić information content (AvgIpc) is 3.12. The summed E-state index contributed by atoms with van der Waals surface area (Å²) >= 11 is 0. The highest BCUT2D eigenvalue weighted by Gasteiger charge is 2.38. The zero-order valence-electron chi connectivity index (χ0n) is 14.8. The molecule has 1 amide bonds. The summed E-state index contributed by atoms with van der Waals surface area (Å²) in [5.74, 6) is -0.0651. The van der Waals surface area contributed by atoms with Crippen molar-refractivity contribution in [3.63, 3.8) is 0 Å². The van der Waals surface area contributed by atoms with Crippen LogP contribution in [0.15, 0.2) is 36.7 Å². The van der Waals surface area contributed by atoms with Crippen molar-refractivity contribution in [3.05, 3.63) is 53.3 Å². The van der Waals surface area contributed by atoms with E-state index < -0.39 is 5.60 Å². The van der Waals surface area contributed by atoms with Crippen molar-refractivity contribution in [1.82, 2.24) is 14.7 Å². The van der Waals surface area contributed by atoms with Crippen LogP contribution in [0.25, 0.3) is 0 Å². The lowest BCUT2D eigenvalue weighted by Gasteiger charge is -2.41. The molecule has 6 heteroatoms. The largest absolute Gasteiger partial charge is 0.393 e. The molecule has 1 unspecified atom stereocenters. The predicted molar refractivity (Wildman–Crippen MR) is 94.5 cm³/mol. The fourth-order valence-corrected chi connectivity index (χ4v) is 3.18. The number of carbonyl (C=O) groups is 1. The van der Waals surface area contributed by atoms with Gasteiger partial charge < -0.3 is 14.7 Å². The Bertz CT molecular complexity index is 726. The Morgan fingerprint density at radius 1 is 1.36 bits per heavy atom. The number of morpholine rings is 1. The molecule has 1 N–H and O–H groups in total. The molecule has 2 aromatic rings. The maximum atomic E-state index is 12.8. The number of aryl methyl sites for hydroxylation is 2. The van der Waals surface area contributed by atoms with Crippen molar-refractivity contribution in [2.24, 2.45) is 0 Å². The molecule has 134 valence electrons. The van der Waals surface area contributed by atoms with Crippen molar-refractivity contribution in [2.45, 2.75) is 32.4 Å². The number of ether oxygens (including phenoxy) is 1. The first-order valence-corrected chi connectivity index (χ1v) is 8.67. The van der Waals surface area contributed by atoms with E-state index in [2.05, 4.69) is 5.10 Å². The van der Waals surface area contributed by atoms with Gasteiger partial charge in [-0.2, -0.15) is 5.10 Å². The average molecular weight is 343 g/mol. The van der Waals surface area contributed by atoms with Gasteiger partial charge in [0.05, 0.1) is 31.5 Å². The molecule has 0 aliphatic carbocycles. The Hall–Kier alpha value is -2.18. The molecule has 1 aromatic carbocycles. The van der Waals surface area contributed by atoms with Crippen LogP contribution < -0.4 is 0 Å². The van der Waals surface area contributed by atoms with E-state index in [4.69, 9.17) is 4.74 Å². The highest BCUT2D eigenvalue weighted by Crippen LogP contribution is 2.24. The molecule has 25 heavy (non-hydrogen) atoms. The first-order valence-electron chi connectivity index (χ1n) is 8.67. The SMILES string of the molecule is CCn1cc(C(=O)N2CCOC(CO)(Cc3ccc(C)cc3)C2)cn1. The van der Waals surface area contributed by atoms with E-state index in [9.17, 15) is 9.90 Å². The van der Waals surface area contributed by atoms with Crippen LogP contribution in [0.5, 0.6) is 0 Å². The summed E-state index contributed by atoms with van der Waals surface area (Å²) in [6, 6.07) is 8.18. The van der Waals surface area contributed by atoms with E-state index in [1.165, 1.54) is 5.56 Å². The monoisotopic (exact) mass is 343 g/mol. The summed E-state index contributed by atoms with van der Waals surface area (Å²) in [4.78, 5) is 14.5. The van der Waals surface area contributed by atoms with E-state index in [1.54, 1.807) is 22.0 Å². The highest BCUT2D eigenvalue weighted by molar-refractivity contribution is 5.93. The molecular weight excluding hydrogens is 318 g/mol. The van der Waals surface area contributed by atoms with Crippen LogP contribution in [-0.2, 0) is 17.7 Å². The number of hydrogen-bond donors (Lipinski definition) is 1. The summed E-state index contributed by atoms with van der Waals surface area (Å²) in [5.41, 5.74) is 2.10. The molecule has 0 bridgehead atoms. The Balaban J connectivity index is 1.75. The third-order valence-corrected chi connectivity index (χ3v) is 4.67. The van der Waals surface area contributed by atoms with Gasteiger partial charge in [-0.15, -0.1) is 0 Å². The van der Waals surface area contributed by atoms with Crippen molar-refractivity contribution in [3.8, 4) is 0 Å². The number of amides is 1. The molecule has 3 rings (SSSR count). The second kappa shape index (κ2) is 7.37. The number of aliphatic hydroxyl groups is 1. The van der Waals surface area contributed by atoms with Gasteiger partial charge in [0, 0.05) is 25.7 Å². The number of aliphatic hydroxyl groups excluding tert-OH is 1. The third kappa shape index (κ3) is 3.91. The standard InChI is InChI=1S/C19H25N3O3/c1-3-22-12-17(11-20-22)18(24)21-8-9-25-19(13-21,14-23)10-16-6-4-15(2)5-7-16/h4-7,11-12,23H,3,8-10,13-14H2,1-2H3. The normalized spacial score (nSPS) is 20.7. The number of benzene rings is 1. The number of nitrogens with zero attached hydrogens (tertiary/aromatic N) is 3. The third-order valence-electron chi connectivity index (χ3n) is 4.67. The van der Waals surface area contributed by atoms with Crippen molar-refractivity contribution < 1.29 is 14.6 Å². The first-order chi connectivity index (χ1) is 12.0. The maximum Gasteiger partial charge on any atom is 0.257 e. The molecule has 1 aliphatic heterocycles. The smallest absolute Gasteiger partial charge is 0.257 e. The van der Waals surface area contributed by atoms with Gasteiger partial charge in [0.2, 0.25) is 0 Å². The van der Waals surface area contributed by atoms with Gasteiger partial charge in [0.15, 0.2) is 0 Å². The van der Waals surface area contributed by atoms with E-state index in [0.29, 0.717) is 31.7 Å². The van der Waals surface area contributed by atoms with E-state index >= 15 is 0 Å². The number of carbonyl (C=O) groups excluding carboxylic acids is 1. The van der Waals surface area contributed by atoms with Gasteiger partial charge in [0.1, 0.15) is 5.60 Å². The topological polar surface area (TPSA) is 67.6 Å². The molecule has 1 atom stereocenters. The van der Waals surface area contributed by atoms with Gasteiger partial charge in [0.25, 0.3) is 5.91 Å². The van der Waals surface area contributed by atoms with Crippen LogP contribution in [0, 0.1) is 6.92 Å². The minimum Gasteiger partial charge on any atom is -0.393 e. The highest BCUT2D eigenvalue weighted by atomic mass is 16.5. The van der Waals surface area contributed by atoms with Crippen molar-refractivity contribution >= 4 is 5.91 Å². The molecule has 0 radical (unpaired) electrons. The molecule has 0 saturated carbocycles. The van der Waals surface area contributed by atoms with Gasteiger partial charge in [-0.3, -0.25) is 9.48 Å². The Morgan fingerprint density at radius 2 is 2.12 bits per heavy atom. The lowest BCUT2D eigenvalue weighted by Crippen LogP contribution is -2.56. The van der Waals surface area contributed by atoms with Crippen molar-refractivity contribution in [1.29, 1.82) is 0 Å². The second-order valence-electron chi connectivity index (χ2n) is 6.66. The minimum atomic E-state index is -0.760. The number of hydrogen-bond acceptors (Lipinski definition) is 4. The van der Waals surface area contributed by atoms with Gasteiger partial charge in [-0.25, -0.2) is 0 Å². The summed E-state index contributed by atoms with van der Waals surface area (Å²) in [6.07, 6.45) is 3.93. The van der Waals surface area contributed by atoms with Gasteiger partial charge in [-0.1, -0.05) is 29.8 Å². The Labute approximate surface area is 148 Å². The summed E-state index contributed by atoms with van der Waals surface area (Å²) in [6.45, 7) is 5.93. The zero-order valence-corrected chi connectivity index (χ0v) is 14.8. The molecule has 1 fully saturated rings. The number of rotatable bonds is 5. The predicted octanol–water partition coefficient (Wildman–Crippen LogP) is 1.66. The lowest BCUT2D eigenvalue weighted by molar-refractivity contribution is -0.123. The fraction of sp³-hybridized carbons (Fsp3) is 0.474.